The van der Waals surface area contributed by atoms with E-state index in [4.69, 9.17) is 5.73 Å². The molecule has 2 bridgehead atoms. The first-order chi connectivity index (χ1) is 9.58. The van der Waals surface area contributed by atoms with Gasteiger partial charge in [-0.3, -0.25) is 14.5 Å². The van der Waals surface area contributed by atoms with Crippen molar-refractivity contribution < 1.29 is 14.4 Å². The maximum atomic E-state index is 12.1. The highest BCUT2D eigenvalue weighted by atomic mass is 16.2. The molecule has 20 heavy (non-hydrogen) atoms. The molecule has 112 valence electrons. The smallest absolute Gasteiger partial charge is 0.312 e. The lowest BCUT2D eigenvalue weighted by molar-refractivity contribution is -0.137. The third-order valence-electron chi connectivity index (χ3n) is 3.94. The van der Waals surface area contributed by atoms with E-state index >= 15 is 0 Å². The van der Waals surface area contributed by atoms with Crippen molar-refractivity contribution in [3.8, 4) is 0 Å². The first kappa shape index (κ1) is 14.8. The molecular formula is C13H22N4O3. The van der Waals surface area contributed by atoms with E-state index in [0.29, 0.717) is 32.4 Å². The Balaban J connectivity index is 1.90. The molecule has 0 aromatic rings. The highest BCUT2D eigenvalue weighted by Crippen LogP contribution is 2.18. The van der Waals surface area contributed by atoms with Crippen LogP contribution in [0.4, 0.5) is 4.79 Å². The summed E-state index contributed by atoms with van der Waals surface area (Å²) in [5.74, 6) is 0.0625. The summed E-state index contributed by atoms with van der Waals surface area (Å²) in [6.45, 7) is 1.93. The Kier molecular flexibility index (Phi) is 4.94. The van der Waals surface area contributed by atoms with E-state index in [1.54, 1.807) is 0 Å². The van der Waals surface area contributed by atoms with E-state index in [1.807, 2.05) is 0 Å². The Morgan fingerprint density at radius 3 is 2.95 bits per heavy atom. The van der Waals surface area contributed by atoms with E-state index in [2.05, 4.69) is 15.5 Å². The zero-order valence-corrected chi connectivity index (χ0v) is 11.6. The van der Waals surface area contributed by atoms with Crippen LogP contribution >= 0.6 is 0 Å². The van der Waals surface area contributed by atoms with Crippen LogP contribution in [0.15, 0.2) is 0 Å². The number of Topliss-reactive ketones (excluding diaryl/α,β-unsaturated/α-hetero) is 1. The molecule has 3 amide bonds. The SMILES string of the molecule is NC(=O)NCCC[C@@H]1C(=O)N[C@H]2CN1CCCCC2=O. The number of amides is 3. The van der Waals surface area contributed by atoms with Crippen molar-refractivity contribution in [1.29, 1.82) is 0 Å². The van der Waals surface area contributed by atoms with E-state index in [1.165, 1.54) is 0 Å². The first-order valence-electron chi connectivity index (χ1n) is 7.18. The lowest BCUT2D eigenvalue weighted by atomic mass is 9.96. The summed E-state index contributed by atoms with van der Waals surface area (Å²) in [5.41, 5.74) is 5.00. The Morgan fingerprint density at radius 2 is 2.20 bits per heavy atom. The van der Waals surface area contributed by atoms with Gasteiger partial charge in [0.15, 0.2) is 5.78 Å². The van der Waals surface area contributed by atoms with E-state index < -0.39 is 6.03 Å². The molecule has 0 aromatic heterocycles. The molecule has 2 aliphatic rings. The van der Waals surface area contributed by atoms with Gasteiger partial charge in [-0.05, 0) is 32.2 Å². The molecule has 0 radical (unpaired) electrons. The topological polar surface area (TPSA) is 105 Å². The lowest BCUT2D eigenvalue weighted by Crippen LogP contribution is -2.63. The molecule has 2 saturated heterocycles. The Labute approximate surface area is 118 Å². The molecule has 2 aliphatic heterocycles. The van der Waals surface area contributed by atoms with E-state index in [9.17, 15) is 14.4 Å². The molecule has 2 fully saturated rings. The number of hydrogen-bond donors (Lipinski definition) is 3. The van der Waals surface area contributed by atoms with Crippen molar-refractivity contribution in [3.05, 3.63) is 0 Å². The molecule has 7 nitrogen and oxygen atoms in total. The first-order valence-corrected chi connectivity index (χ1v) is 7.18. The predicted molar refractivity (Wildman–Crippen MR) is 73.0 cm³/mol. The highest BCUT2D eigenvalue weighted by Gasteiger charge is 2.37. The number of nitrogens with one attached hydrogen (secondary N) is 2. The van der Waals surface area contributed by atoms with Crippen LogP contribution < -0.4 is 16.4 Å². The number of nitrogens with zero attached hydrogens (tertiary/aromatic N) is 1. The van der Waals surface area contributed by atoms with Crippen LogP contribution in [0.25, 0.3) is 0 Å². The Hall–Kier alpha value is -1.63. The van der Waals surface area contributed by atoms with Crippen molar-refractivity contribution in [2.24, 2.45) is 5.73 Å². The summed E-state index contributed by atoms with van der Waals surface area (Å²) in [7, 11) is 0. The number of rotatable bonds is 4. The number of nitrogens with two attached hydrogens (primary N) is 1. The number of primary amides is 1. The van der Waals surface area contributed by atoms with Gasteiger partial charge in [0, 0.05) is 19.5 Å². The summed E-state index contributed by atoms with van der Waals surface area (Å²) in [6.07, 6.45) is 3.74. The molecule has 0 spiro atoms. The standard InChI is InChI=1S/C13H22N4O3/c14-13(20)15-6-3-4-10-12(19)16-9-8-17(10)7-2-1-5-11(9)18/h9-10H,1-8H2,(H,16,19)(H3,14,15,20)/t9-,10+/m0/s1. The van der Waals surface area contributed by atoms with Gasteiger partial charge in [0.05, 0.1) is 6.04 Å². The van der Waals surface area contributed by atoms with Gasteiger partial charge in [-0.15, -0.1) is 0 Å². The monoisotopic (exact) mass is 282 g/mol. The maximum absolute atomic E-state index is 12.1. The average Bonchev–Trinajstić information content (AvgIpc) is 2.39. The molecule has 0 saturated carbocycles. The second-order valence-electron chi connectivity index (χ2n) is 5.43. The number of carbonyl (C=O) groups excluding carboxylic acids is 3. The predicted octanol–water partition coefficient (Wildman–Crippen LogP) is -0.643. The van der Waals surface area contributed by atoms with Crippen molar-refractivity contribution >= 4 is 17.7 Å². The Bertz CT molecular complexity index is 399. The second-order valence-corrected chi connectivity index (χ2v) is 5.43. The van der Waals surface area contributed by atoms with Crippen molar-refractivity contribution in [2.45, 2.75) is 44.2 Å². The van der Waals surface area contributed by atoms with Gasteiger partial charge in [-0.25, -0.2) is 4.79 Å². The zero-order chi connectivity index (χ0) is 14.5. The number of piperazine rings is 1. The molecule has 0 aromatic carbocycles. The summed E-state index contributed by atoms with van der Waals surface area (Å²) in [4.78, 5) is 36.7. The molecule has 7 heteroatoms. The molecule has 3 atom stereocenters. The highest BCUT2D eigenvalue weighted by molar-refractivity contribution is 5.92. The lowest BCUT2D eigenvalue weighted by Gasteiger charge is -2.40. The summed E-state index contributed by atoms with van der Waals surface area (Å²) < 4.78 is 0. The van der Waals surface area contributed by atoms with Crippen molar-refractivity contribution in [3.63, 3.8) is 0 Å². The molecule has 2 rings (SSSR count). The fourth-order valence-corrected chi connectivity index (χ4v) is 2.88. The van der Waals surface area contributed by atoms with Crippen LogP contribution in [-0.2, 0) is 9.59 Å². The van der Waals surface area contributed by atoms with Gasteiger partial charge in [0.25, 0.3) is 0 Å². The van der Waals surface area contributed by atoms with E-state index in [-0.39, 0.29) is 23.8 Å². The van der Waals surface area contributed by atoms with E-state index in [0.717, 1.165) is 19.4 Å². The van der Waals surface area contributed by atoms with Crippen LogP contribution in [0.5, 0.6) is 0 Å². The van der Waals surface area contributed by atoms with Crippen LogP contribution in [0.2, 0.25) is 0 Å². The average molecular weight is 282 g/mol. The second kappa shape index (κ2) is 6.69. The third kappa shape index (κ3) is 3.69. The minimum atomic E-state index is -0.546. The minimum Gasteiger partial charge on any atom is -0.352 e. The van der Waals surface area contributed by atoms with Gasteiger partial charge in [-0.1, -0.05) is 0 Å². The van der Waals surface area contributed by atoms with Crippen LogP contribution in [0, 0.1) is 0 Å². The fourth-order valence-electron chi connectivity index (χ4n) is 2.88. The number of carbonyl (C=O) groups is 3. The van der Waals surface area contributed by atoms with Gasteiger partial charge < -0.3 is 16.4 Å². The maximum Gasteiger partial charge on any atom is 0.312 e. The molecule has 1 unspecified atom stereocenters. The van der Waals surface area contributed by atoms with Crippen LogP contribution in [-0.4, -0.2) is 54.3 Å². The van der Waals surface area contributed by atoms with Gasteiger partial charge in [0.1, 0.15) is 6.04 Å². The summed E-state index contributed by atoms with van der Waals surface area (Å²) in [6, 6.07) is -1.09. The normalized spacial score (nSPS) is 30.1. The number of hydrogen-bond acceptors (Lipinski definition) is 4. The van der Waals surface area contributed by atoms with Crippen molar-refractivity contribution in [2.75, 3.05) is 19.6 Å². The van der Waals surface area contributed by atoms with Gasteiger partial charge in [-0.2, -0.15) is 0 Å². The number of urea groups is 1. The molecule has 4 N–H and O–H groups in total. The van der Waals surface area contributed by atoms with Crippen LogP contribution in [0.1, 0.15) is 32.1 Å². The summed E-state index contributed by atoms with van der Waals surface area (Å²) >= 11 is 0. The Morgan fingerprint density at radius 1 is 1.40 bits per heavy atom. The largest absolute Gasteiger partial charge is 0.352 e. The quantitative estimate of drug-likeness (QED) is 0.596. The molecular weight excluding hydrogens is 260 g/mol. The van der Waals surface area contributed by atoms with Gasteiger partial charge >= 0.3 is 6.03 Å². The number of ketones is 1. The van der Waals surface area contributed by atoms with Gasteiger partial charge in [0.2, 0.25) is 5.91 Å². The molecule has 0 aliphatic carbocycles. The third-order valence-corrected chi connectivity index (χ3v) is 3.94. The van der Waals surface area contributed by atoms with Crippen molar-refractivity contribution in [1.82, 2.24) is 15.5 Å². The fraction of sp³-hybridized carbons (Fsp3) is 0.769. The van der Waals surface area contributed by atoms with Crippen LogP contribution in [0.3, 0.4) is 0 Å². The zero-order valence-electron chi connectivity index (χ0n) is 11.6. The summed E-state index contributed by atoms with van der Waals surface area (Å²) in [5, 5.41) is 5.34. The minimum absolute atomic E-state index is 0.0735. The number of fused-ring (bicyclic) bond motifs is 2. The molecule has 2 heterocycles.